The highest BCUT2D eigenvalue weighted by Crippen LogP contribution is 2.25. The van der Waals surface area contributed by atoms with Crippen LogP contribution in [0, 0.1) is 6.92 Å². The second kappa shape index (κ2) is 10.2. The van der Waals surface area contributed by atoms with Crippen molar-refractivity contribution in [3.63, 3.8) is 0 Å². The van der Waals surface area contributed by atoms with E-state index in [9.17, 15) is 4.79 Å². The molecule has 0 spiro atoms. The van der Waals surface area contributed by atoms with E-state index in [0.717, 1.165) is 49.4 Å². The maximum Gasteiger partial charge on any atom is 0.232 e. The summed E-state index contributed by atoms with van der Waals surface area (Å²) in [6.45, 7) is 6.43. The van der Waals surface area contributed by atoms with Crippen molar-refractivity contribution < 1.29 is 4.79 Å². The molecule has 3 N–H and O–H groups in total. The molecule has 2 aromatic carbocycles. The van der Waals surface area contributed by atoms with Gasteiger partial charge in [0.05, 0.1) is 0 Å². The number of benzene rings is 2. The summed E-state index contributed by atoms with van der Waals surface area (Å²) in [5, 5.41) is 9.55. The monoisotopic (exact) mass is 431 g/mol. The van der Waals surface area contributed by atoms with Crippen LogP contribution < -0.4 is 16.0 Å². The van der Waals surface area contributed by atoms with Crippen molar-refractivity contribution in [2.75, 3.05) is 29.0 Å². The van der Waals surface area contributed by atoms with E-state index in [2.05, 4.69) is 60.1 Å². The predicted octanol–water partition coefficient (Wildman–Crippen LogP) is 3.96. The van der Waals surface area contributed by atoms with Gasteiger partial charge < -0.3 is 16.0 Å². The number of likely N-dealkylation sites (tertiary alicyclic amines) is 1. The third-order valence-electron chi connectivity index (χ3n) is 5.55. The van der Waals surface area contributed by atoms with E-state index < -0.39 is 0 Å². The zero-order chi connectivity index (χ0) is 22.3. The van der Waals surface area contributed by atoms with E-state index in [-0.39, 0.29) is 11.9 Å². The van der Waals surface area contributed by atoms with Crippen LogP contribution in [0.1, 0.15) is 30.9 Å². The number of nitrogens with one attached hydrogen (secondary N) is 3. The second-order valence-corrected chi connectivity index (χ2v) is 8.12. The molecule has 1 aromatic heterocycles. The number of anilines is 4. The predicted molar refractivity (Wildman–Crippen MR) is 127 cm³/mol. The van der Waals surface area contributed by atoms with Gasteiger partial charge in [0, 0.05) is 37.4 Å². The molecule has 32 heavy (non-hydrogen) atoms. The van der Waals surface area contributed by atoms with Crippen LogP contribution in [-0.2, 0) is 11.3 Å². The third-order valence-corrected chi connectivity index (χ3v) is 5.55. The fourth-order valence-electron chi connectivity index (χ4n) is 3.98. The number of aromatic nitrogens is 3. The second-order valence-electron chi connectivity index (χ2n) is 8.12. The normalized spacial score (nSPS) is 16.4. The Morgan fingerprint density at radius 2 is 1.84 bits per heavy atom. The van der Waals surface area contributed by atoms with Gasteiger partial charge in [-0.05, 0) is 49.6 Å². The number of carbonyl (C=O) groups is 1. The van der Waals surface area contributed by atoms with Gasteiger partial charge in [-0.25, -0.2) is 9.97 Å². The fraction of sp³-hybridized carbons (Fsp3) is 0.333. The summed E-state index contributed by atoms with van der Waals surface area (Å²) in [7, 11) is 0. The molecule has 1 saturated heterocycles. The quantitative estimate of drug-likeness (QED) is 0.521. The van der Waals surface area contributed by atoms with Crippen molar-refractivity contribution in [1.29, 1.82) is 0 Å². The van der Waals surface area contributed by atoms with Crippen molar-refractivity contribution in [2.24, 2.45) is 0 Å². The highest BCUT2D eigenvalue weighted by molar-refractivity contribution is 5.90. The molecule has 1 fully saturated rings. The van der Waals surface area contributed by atoms with Gasteiger partial charge in [0.15, 0.2) is 0 Å². The minimum atomic E-state index is -0.106. The van der Waals surface area contributed by atoms with Crippen molar-refractivity contribution in [1.82, 2.24) is 19.9 Å². The minimum absolute atomic E-state index is 0.106. The molecular formula is C24H29N7O. The number of rotatable bonds is 7. The zero-order valence-corrected chi connectivity index (χ0v) is 18.5. The van der Waals surface area contributed by atoms with E-state index in [0.29, 0.717) is 11.9 Å². The molecule has 0 unspecified atom stereocenters. The first-order chi connectivity index (χ1) is 15.6. The first-order valence-electron chi connectivity index (χ1n) is 10.9. The number of hydrogen-bond donors (Lipinski definition) is 3. The molecule has 2 heterocycles. The Labute approximate surface area is 188 Å². The summed E-state index contributed by atoms with van der Waals surface area (Å²) in [6.07, 6.45) is 3.72. The van der Waals surface area contributed by atoms with Gasteiger partial charge in [0.25, 0.3) is 0 Å². The Balaban J connectivity index is 1.39. The molecule has 0 aliphatic carbocycles. The largest absolute Gasteiger partial charge is 0.350 e. The van der Waals surface area contributed by atoms with E-state index in [4.69, 9.17) is 0 Å². The Bertz CT molecular complexity index is 1060. The maximum absolute atomic E-state index is 11.4. The van der Waals surface area contributed by atoms with Gasteiger partial charge in [0.1, 0.15) is 6.33 Å². The average molecular weight is 432 g/mol. The van der Waals surface area contributed by atoms with Crippen LogP contribution in [-0.4, -0.2) is 44.9 Å². The van der Waals surface area contributed by atoms with Crippen LogP contribution in [0.3, 0.4) is 0 Å². The lowest BCUT2D eigenvalue weighted by atomic mass is 10.0. The van der Waals surface area contributed by atoms with Gasteiger partial charge in [-0.2, -0.15) is 4.98 Å². The topological polar surface area (TPSA) is 95.1 Å². The molecule has 0 bridgehead atoms. The number of nitrogens with zero attached hydrogens (tertiary/aromatic N) is 4. The summed E-state index contributed by atoms with van der Waals surface area (Å²) >= 11 is 0. The van der Waals surface area contributed by atoms with Crippen LogP contribution >= 0.6 is 0 Å². The van der Waals surface area contributed by atoms with Crippen LogP contribution in [0.2, 0.25) is 0 Å². The van der Waals surface area contributed by atoms with Crippen LogP contribution in [0.5, 0.6) is 0 Å². The summed E-state index contributed by atoms with van der Waals surface area (Å²) in [6, 6.07) is 16.5. The summed E-state index contributed by atoms with van der Waals surface area (Å²) in [5.41, 5.74) is 3.84. The fourth-order valence-corrected chi connectivity index (χ4v) is 3.98. The lowest BCUT2D eigenvalue weighted by Gasteiger charge is -2.33. The average Bonchev–Trinajstić information content (AvgIpc) is 2.77. The first kappa shape index (κ1) is 21.7. The number of amides is 1. The smallest absolute Gasteiger partial charge is 0.232 e. The van der Waals surface area contributed by atoms with Crippen molar-refractivity contribution in [2.45, 2.75) is 39.3 Å². The highest BCUT2D eigenvalue weighted by atomic mass is 16.1. The standard InChI is InChI=1S/C24H29N7O/c1-17-21(27-18(2)32)11-6-12-22(17)29-24-26-16-25-23(30-24)28-20-10-7-13-31(15-20)14-19-8-4-3-5-9-19/h3-6,8-9,11-12,16,20H,7,10,13-15H2,1-2H3,(H,27,32)(H2,25,26,28,29,30)/t20-/m0/s1. The molecule has 8 heteroatoms. The van der Waals surface area contributed by atoms with Gasteiger partial charge in [-0.15, -0.1) is 0 Å². The van der Waals surface area contributed by atoms with E-state index in [1.165, 1.54) is 18.8 Å². The molecule has 1 amide bonds. The molecule has 0 radical (unpaired) electrons. The van der Waals surface area contributed by atoms with Crippen molar-refractivity contribution in [3.05, 3.63) is 66.0 Å². The molecule has 8 nitrogen and oxygen atoms in total. The SMILES string of the molecule is CC(=O)Nc1cccc(Nc2ncnc(N[C@H]3CCCN(Cc4ccccc4)C3)n2)c1C. The van der Waals surface area contributed by atoms with Crippen LogP contribution in [0.4, 0.5) is 23.3 Å². The number of piperidine rings is 1. The molecule has 1 atom stereocenters. The van der Waals surface area contributed by atoms with Crippen molar-refractivity contribution >= 4 is 29.2 Å². The molecule has 4 rings (SSSR count). The van der Waals surface area contributed by atoms with E-state index in [1.54, 1.807) is 0 Å². The lowest BCUT2D eigenvalue weighted by Crippen LogP contribution is -2.41. The van der Waals surface area contributed by atoms with E-state index >= 15 is 0 Å². The highest BCUT2D eigenvalue weighted by Gasteiger charge is 2.20. The first-order valence-corrected chi connectivity index (χ1v) is 10.9. The molecule has 0 saturated carbocycles. The van der Waals surface area contributed by atoms with Crippen LogP contribution in [0.25, 0.3) is 0 Å². The molecule has 3 aromatic rings. The number of hydrogen-bond acceptors (Lipinski definition) is 7. The molecule has 1 aliphatic rings. The van der Waals surface area contributed by atoms with Gasteiger partial charge >= 0.3 is 0 Å². The minimum Gasteiger partial charge on any atom is -0.350 e. The maximum atomic E-state index is 11.4. The molecule has 166 valence electrons. The summed E-state index contributed by atoms with van der Waals surface area (Å²) in [5.74, 6) is 0.915. The lowest BCUT2D eigenvalue weighted by molar-refractivity contribution is -0.114. The Kier molecular flexibility index (Phi) is 6.91. The summed E-state index contributed by atoms with van der Waals surface area (Å²) in [4.78, 5) is 27.0. The van der Waals surface area contributed by atoms with E-state index in [1.807, 2.05) is 31.2 Å². The summed E-state index contributed by atoms with van der Waals surface area (Å²) < 4.78 is 0. The Hall–Kier alpha value is -3.52. The third kappa shape index (κ3) is 5.79. The van der Waals surface area contributed by atoms with Gasteiger partial charge in [0.2, 0.25) is 17.8 Å². The Morgan fingerprint density at radius 1 is 1.06 bits per heavy atom. The molecular weight excluding hydrogens is 402 g/mol. The molecule has 1 aliphatic heterocycles. The zero-order valence-electron chi connectivity index (χ0n) is 18.5. The number of carbonyl (C=O) groups excluding carboxylic acids is 1. The van der Waals surface area contributed by atoms with Crippen molar-refractivity contribution in [3.8, 4) is 0 Å². The Morgan fingerprint density at radius 3 is 2.66 bits per heavy atom. The van der Waals surface area contributed by atoms with Gasteiger partial charge in [-0.1, -0.05) is 36.4 Å². The van der Waals surface area contributed by atoms with Crippen LogP contribution in [0.15, 0.2) is 54.9 Å². The van der Waals surface area contributed by atoms with Gasteiger partial charge in [-0.3, -0.25) is 9.69 Å².